The smallest absolute Gasteiger partial charge is 0.453 e. The molecule has 1 amide bonds. The first kappa shape index (κ1) is 23.9. The van der Waals surface area contributed by atoms with Crippen LogP contribution in [0.25, 0.3) is 32.9 Å². The Morgan fingerprint density at radius 1 is 1.05 bits per heavy atom. The van der Waals surface area contributed by atoms with Gasteiger partial charge in [-0.2, -0.15) is 5.10 Å². The molecule has 0 aliphatic heterocycles. The molecule has 9 nitrogen and oxygen atoms in total. The fraction of sp³-hybridized carbons (Fsp3) is 0.120. The number of imidazole rings is 1. The Balaban J connectivity index is 1.57. The number of carbonyl (C=O) groups excluding carboxylic acids is 1. The molecule has 0 unspecified atom stereocenters. The SMILES string of the molecule is COC(=O)Nc1nc2cc(-c3cc(Cc4n[nH]c(=O)c5ccccc45)ccc3OC(F)(F)F)ccc2[nH]1. The fourth-order valence-corrected chi connectivity index (χ4v) is 4.01. The molecule has 0 aliphatic rings. The van der Waals surface area contributed by atoms with Crippen LogP contribution in [0.4, 0.5) is 23.9 Å². The highest BCUT2D eigenvalue weighted by Crippen LogP contribution is 2.36. The van der Waals surface area contributed by atoms with E-state index in [-0.39, 0.29) is 23.5 Å². The number of hydrogen-bond donors (Lipinski definition) is 3. The second-order valence-corrected chi connectivity index (χ2v) is 8.03. The number of aromatic nitrogens is 4. The van der Waals surface area contributed by atoms with Gasteiger partial charge in [0.15, 0.2) is 0 Å². The van der Waals surface area contributed by atoms with Crippen LogP contribution in [0.1, 0.15) is 11.3 Å². The van der Waals surface area contributed by atoms with E-state index in [4.69, 9.17) is 0 Å². The number of halogens is 3. The van der Waals surface area contributed by atoms with Crippen LogP contribution in [0.2, 0.25) is 0 Å². The van der Waals surface area contributed by atoms with E-state index in [1.165, 1.54) is 19.2 Å². The maximum absolute atomic E-state index is 13.2. The molecule has 0 aliphatic carbocycles. The van der Waals surface area contributed by atoms with Crippen LogP contribution >= 0.6 is 0 Å². The van der Waals surface area contributed by atoms with Crippen LogP contribution in [-0.4, -0.2) is 39.7 Å². The van der Waals surface area contributed by atoms with Gasteiger partial charge in [0.25, 0.3) is 5.56 Å². The van der Waals surface area contributed by atoms with Gasteiger partial charge in [0.1, 0.15) is 5.75 Å². The Labute approximate surface area is 206 Å². The zero-order valence-corrected chi connectivity index (χ0v) is 19.1. The van der Waals surface area contributed by atoms with Crippen molar-refractivity contribution in [2.24, 2.45) is 0 Å². The van der Waals surface area contributed by atoms with E-state index >= 15 is 0 Å². The number of alkyl halides is 3. The first-order valence-electron chi connectivity index (χ1n) is 10.9. The molecule has 0 radical (unpaired) electrons. The standard InChI is InChI=1S/C25H18F3N5O4/c1-36-24(35)31-23-29-18-8-7-14(12-20(18)30-23)17-10-13(6-9-21(17)37-25(26,27)28)11-19-15-4-2-3-5-16(15)22(34)33-32-19/h2-10,12H,11H2,1H3,(H,33,34)(H2,29,30,31,35). The summed E-state index contributed by atoms with van der Waals surface area (Å²) < 4.78 is 48.4. The number of rotatable bonds is 5. The van der Waals surface area contributed by atoms with Crippen molar-refractivity contribution < 1.29 is 27.4 Å². The Bertz CT molecular complexity index is 1690. The summed E-state index contributed by atoms with van der Waals surface area (Å²) in [6.45, 7) is 0. The molecule has 5 aromatic rings. The number of fused-ring (bicyclic) bond motifs is 2. The third kappa shape index (κ3) is 5.08. The minimum Gasteiger partial charge on any atom is -0.453 e. The first-order valence-corrected chi connectivity index (χ1v) is 10.9. The number of methoxy groups -OCH3 is 1. The van der Waals surface area contributed by atoms with Gasteiger partial charge in [0.2, 0.25) is 5.95 Å². The van der Waals surface area contributed by atoms with Crippen molar-refractivity contribution in [3.05, 3.63) is 82.3 Å². The Morgan fingerprint density at radius 2 is 1.84 bits per heavy atom. The Morgan fingerprint density at radius 3 is 2.59 bits per heavy atom. The van der Waals surface area contributed by atoms with Gasteiger partial charge in [-0.1, -0.05) is 30.3 Å². The lowest BCUT2D eigenvalue weighted by Gasteiger charge is -2.15. The van der Waals surface area contributed by atoms with Crippen molar-refractivity contribution in [2.75, 3.05) is 12.4 Å². The number of amides is 1. The van der Waals surface area contributed by atoms with Gasteiger partial charge in [0.05, 0.1) is 29.2 Å². The molecule has 0 bridgehead atoms. The molecule has 0 atom stereocenters. The number of benzene rings is 3. The molecule has 0 fully saturated rings. The van der Waals surface area contributed by atoms with Crippen molar-refractivity contribution in [2.45, 2.75) is 12.8 Å². The van der Waals surface area contributed by atoms with E-state index in [0.29, 0.717) is 38.6 Å². The van der Waals surface area contributed by atoms with Crippen LogP contribution in [0.3, 0.4) is 0 Å². The number of H-pyrrole nitrogens is 2. The van der Waals surface area contributed by atoms with Crippen LogP contribution in [-0.2, 0) is 11.2 Å². The lowest BCUT2D eigenvalue weighted by atomic mass is 9.98. The van der Waals surface area contributed by atoms with E-state index in [0.717, 1.165) is 0 Å². The van der Waals surface area contributed by atoms with Gasteiger partial charge >= 0.3 is 12.5 Å². The molecule has 2 aromatic heterocycles. The van der Waals surface area contributed by atoms with E-state index in [9.17, 15) is 22.8 Å². The van der Waals surface area contributed by atoms with Crippen LogP contribution in [0, 0.1) is 0 Å². The van der Waals surface area contributed by atoms with Crippen molar-refractivity contribution in [1.82, 2.24) is 20.2 Å². The number of aromatic amines is 2. The van der Waals surface area contributed by atoms with Crippen LogP contribution in [0.15, 0.2) is 65.5 Å². The quantitative estimate of drug-likeness (QED) is 0.302. The van der Waals surface area contributed by atoms with Crippen molar-refractivity contribution in [3.63, 3.8) is 0 Å². The van der Waals surface area contributed by atoms with Crippen molar-refractivity contribution >= 4 is 33.8 Å². The summed E-state index contributed by atoms with van der Waals surface area (Å²) in [6.07, 6.45) is -5.38. The summed E-state index contributed by atoms with van der Waals surface area (Å²) in [7, 11) is 1.21. The molecule has 2 heterocycles. The molecule has 5 rings (SSSR count). The summed E-state index contributed by atoms with van der Waals surface area (Å²) in [5, 5.41) is 10.1. The van der Waals surface area contributed by atoms with Crippen LogP contribution in [0.5, 0.6) is 5.75 Å². The van der Waals surface area contributed by atoms with Crippen LogP contribution < -0.4 is 15.6 Å². The normalized spacial score (nSPS) is 11.6. The fourth-order valence-electron chi connectivity index (χ4n) is 4.01. The zero-order chi connectivity index (χ0) is 26.2. The predicted octanol–water partition coefficient (Wildman–Crippen LogP) is 5.13. The first-order chi connectivity index (χ1) is 17.7. The summed E-state index contributed by atoms with van der Waals surface area (Å²) in [5.41, 5.74) is 2.41. The van der Waals surface area contributed by atoms with Gasteiger partial charge in [-0.15, -0.1) is 13.2 Å². The Kier molecular flexibility index (Phi) is 5.99. The highest BCUT2D eigenvalue weighted by Gasteiger charge is 2.32. The van der Waals surface area contributed by atoms with E-state index in [1.54, 1.807) is 48.5 Å². The van der Waals surface area contributed by atoms with Gasteiger partial charge in [-0.3, -0.25) is 10.1 Å². The molecule has 188 valence electrons. The lowest BCUT2D eigenvalue weighted by molar-refractivity contribution is -0.274. The van der Waals surface area contributed by atoms with E-state index < -0.39 is 18.2 Å². The lowest BCUT2D eigenvalue weighted by Crippen LogP contribution is -2.17. The molecule has 12 heteroatoms. The highest BCUT2D eigenvalue weighted by atomic mass is 19.4. The van der Waals surface area contributed by atoms with E-state index in [2.05, 4.69) is 35.0 Å². The molecule has 3 N–H and O–H groups in total. The second-order valence-electron chi connectivity index (χ2n) is 8.03. The summed E-state index contributed by atoms with van der Waals surface area (Å²) >= 11 is 0. The van der Waals surface area contributed by atoms with Gasteiger partial charge < -0.3 is 14.5 Å². The minimum absolute atomic E-state index is 0.121. The predicted molar refractivity (Wildman–Crippen MR) is 129 cm³/mol. The number of hydrogen-bond acceptors (Lipinski definition) is 6. The average molecular weight is 509 g/mol. The topological polar surface area (TPSA) is 122 Å². The molecular formula is C25H18F3N5O4. The number of carbonyl (C=O) groups is 1. The summed E-state index contributed by atoms with van der Waals surface area (Å²) in [5.74, 6) is -0.270. The molecule has 37 heavy (non-hydrogen) atoms. The van der Waals surface area contributed by atoms with Gasteiger partial charge in [0, 0.05) is 17.4 Å². The van der Waals surface area contributed by atoms with Crippen molar-refractivity contribution in [3.8, 4) is 16.9 Å². The number of nitrogens with zero attached hydrogens (tertiary/aromatic N) is 2. The summed E-state index contributed by atoms with van der Waals surface area (Å²) in [4.78, 5) is 30.7. The largest absolute Gasteiger partial charge is 0.573 e. The average Bonchev–Trinajstić information content (AvgIpc) is 3.27. The monoisotopic (exact) mass is 509 g/mol. The Hall–Kier alpha value is -4.87. The maximum atomic E-state index is 13.2. The van der Waals surface area contributed by atoms with Gasteiger partial charge in [-0.25, -0.2) is 14.9 Å². The highest BCUT2D eigenvalue weighted by molar-refractivity contribution is 5.89. The number of nitrogens with one attached hydrogen (secondary N) is 3. The van der Waals surface area contributed by atoms with Crippen molar-refractivity contribution in [1.29, 1.82) is 0 Å². The summed E-state index contributed by atoms with van der Waals surface area (Å²) in [6, 6.07) is 16.1. The molecular weight excluding hydrogens is 491 g/mol. The maximum Gasteiger partial charge on any atom is 0.573 e. The minimum atomic E-state index is -4.90. The third-order valence-corrected chi connectivity index (χ3v) is 5.62. The van der Waals surface area contributed by atoms with Gasteiger partial charge in [-0.05, 0) is 41.5 Å². The third-order valence-electron chi connectivity index (χ3n) is 5.62. The molecule has 0 spiro atoms. The number of anilines is 1. The second kappa shape index (κ2) is 9.30. The van der Waals surface area contributed by atoms with E-state index in [1.807, 2.05) is 0 Å². The molecule has 3 aromatic carbocycles. The zero-order valence-electron chi connectivity index (χ0n) is 19.1. The molecule has 0 saturated heterocycles. The number of ether oxygens (including phenoxy) is 2. The molecule has 0 saturated carbocycles.